The Kier molecular flexibility index (Phi) is 6.55. The summed E-state index contributed by atoms with van der Waals surface area (Å²) in [6, 6.07) is 6.07. The number of halogens is 1. The predicted octanol–water partition coefficient (Wildman–Crippen LogP) is 4.66. The van der Waals surface area contributed by atoms with Gasteiger partial charge in [-0.15, -0.1) is 0 Å². The smallest absolute Gasteiger partial charge is 0.306 e. The van der Waals surface area contributed by atoms with E-state index in [9.17, 15) is 4.79 Å². The van der Waals surface area contributed by atoms with Crippen molar-refractivity contribution >= 4 is 21.9 Å². The minimum Gasteiger partial charge on any atom is -0.489 e. The molecule has 21 heavy (non-hydrogen) atoms. The first-order chi connectivity index (χ1) is 10.2. The molecule has 1 aliphatic rings. The van der Waals surface area contributed by atoms with Gasteiger partial charge < -0.3 is 9.47 Å². The van der Waals surface area contributed by atoms with E-state index in [1.165, 1.54) is 19.3 Å². The fourth-order valence-corrected chi connectivity index (χ4v) is 3.16. The molecule has 3 nitrogen and oxygen atoms in total. The SMILES string of the molecule is CCOC(=O)CCc1ccc(OC2CCCCC2)c(Br)c1. The van der Waals surface area contributed by atoms with Crippen LogP contribution in [0.2, 0.25) is 0 Å². The molecule has 0 N–H and O–H groups in total. The molecule has 0 spiro atoms. The zero-order valence-electron chi connectivity index (χ0n) is 12.6. The van der Waals surface area contributed by atoms with Gasteiger partial charge in [0.1, 0.15) is 5.75 Å². The first-order valence-corrected chi connectivity index (χ1v) is 8.59. The monoisotopic (exact) mass is 354 g/mol. The molecule has 1 fully saturated rings. The lowest BCUT2D eigenvalue weighted by molar-refractivity contribution is -0.143. The van der Waals surface area contributed by atoms with Gasteiger partial charge in [0.15, 0.2) is 0 Å². The maximum Gasteiger partial charge on any atom is 0.306 e. The van der Waals surface area contributed by atoms with Crippen molar-refractivity contribution in [3.8, 4) is 5.75 Å². The van der Waals surface area contributed by atoms with E-state index in [1.807, 2.05) is 25.1 Å². The summed E-state index contributed by atoms with van der Waals surface area (Å²) in [7, 11) is 0. The van der Waals surface area contributed by atoms with Gasteiger partial charge in [0.05, 0.1) is 17.2 Å². The molecule has 0 amide bonds. The van der Waals surface area contributed by atoms with Crippen molar-refractivity contribution in [2.75, 3.05) is 6.61 Å². The Bertz CT molecular complexity index is 467. The molecule has 0 bridgehead atoms. The van der Waals surface area contributed by atoms with Crippen LogP contribution in [0.3, 0.4) is 0 Å². The Morgan fingerprint density at radius 2 is 2.05 bits per heavy atom. The highest BCUT2D eigenvalue weighted by molar-refractivity contribution is 9.10. The maximum absolute atomic E-state index is 11.4. The minimum atomic E-state index is -0.142. The zero-order valence-corrected chi connectivity index (χ0v) is 14.2. The van der Waals surface area contributed by atoms with Crippen molar-refractivity contribution in [2.45, 2.75) is 58.0 Å². The van der Waals surface area contributed by atoms with E-state index >= 15 is 0 Å². The van der Waals surface area contributed by atoms with Gasteiger partial charge in [-0.2, -0.15) is 0 Å². The van der Waals surface area contributed by atoms with E-state index in [2.05, 4.69) is 15.9 Å². The number of rotatable bonds is 6. The molecule has 1 aromatic rings. The van der Waals surface area contributed by atoms with Crippen LogP contribution in [-0.4, -0.2) is 18.7 Å². The molecule has 1 saturated carbocycles. The lowest BCUT2D eigenvalue weighted by Gasteiger charge is -2.23. The van der Waals surface area contributed by atoms with E-state index in [4.69, 9.17) is 9.47 Å². The van der Waals surface area contributed by atoms with Crippen LogP contribution in [0.1, 0.15) is 51.0 Å². The summed E-state index contributed by atoms with van der Waals surface area (Å²) in [6.45, 7) is 2.27. The summed E-state index contributed by atoms with van der Waals surface area (Å²) in [5.74, 6) is 0.762. The molecular formula is C17H23BrO3. The van der Waals surface area contributed by atoms with E-state index in [0.717, 1.165) is 28.6 Å². The van der Waals surface area contributed by atoms with E-state index in [-0.39, 0.29) is 5.97 Å². The molecule has 4 heteroatoms. The summed E-state index contributed by atoms with van der Waals surface area (Å²) >= 11 is 3.57. The second-order valence-corrected chi connectivity index (χ2v) is 6.30. The van der Waals surface area contributed by atoms with Crippen LogP contribution in [0.4, 0.5) is 0 Å². The third kappa shape index (κ3) is 5.34. The van der Waals surface area contributed by atoms with E-state index < -0.39 is 0 Å². The first kappa shape index (κ1) is 16.3. The normalized spacial score (nSPS) is 15.7. The molecule has 0 aromatic heterocycles. The molecule has 0 unspecified atom stereocenters. The van der Waals surface area contributed by atoms with Crippen LogP contribution in [-0.2, 0) is 16.0 Å². The third-order valence-electron chi connectivity index (χ3n) is 3.77. The topological polar surface area (TPSA) is 35.5 Å². The van der Waals surface area contributed by atoms with Gasteiger partial charge in [0.2, 0.25) is 0 Å². The highest BCUT2D eigenvalue weighted by atomic mass is 79.9. The lowest BCUT2D eigenvalue weighted by atomic mass is 9.98. The number of hydrogen-bond donors (Lipinski definition) is 0. The zero-order chi connectivity index (χ0) is 15.1. The minimum absolute atomic E-state index is 0.142. The van der Waals surface area contributed by atoms with Gasteiger partial charge in [-0.05, 0) is 72.7 Å². The van der Waals surface area contributed by atoms with Crippen molar-refractivity contribution in [3.63, 3.8) is 0 Å². The largest absolute Gasteiger partial charge is 0.489 e. The number of carbonyl (C=O) groups excluding carboxylic acids is 1. The van der Waals surface area contributed by atoms with Gasteiger partial charge in [0.25, 0.3) is 0 Å². The first-order valence-electron chi connectivity index (χ1n) is 7.79. The van der Waals surface area contributed by atoms with Gasteiger partial charge >= 0.3 is 5.97 Å². The lowest BCUT2D eigenvalue weighted by Crippen LogP contribution is -2.19. The Hall–Kier alpha value is -1.03. The van der Waals surface area contributed by atoms with Crippen LogP contribution in [0.5, 0.6) is 5.75 Å². The van der Waals surface area contributed by atoms with Crippen molar-refractivity contribution < 1.29 is 14.3 Å². The predicted molar refractivity (Wildman–Crippen MR) is 86.6 cm³/mol. The van der Waals surface area contributed by atoms with Crippen molar-refractivity contribution in [1.82, 2.24) is 0 Å². The molecule has 0 saturated heterocycles. The Morgan fingerprint density at radius 1 is 1.29 bits per heavy atom. The Balaban J connectivity index is 1.89. The van der Waals surface area contributed by atoms with Crippen LogP contribution in [0.15, 0.2) is 22.7 Å². The summed E-state index contributed by atoms with van der Waals surface area (Å²) in [5, 5.41) is 0. The van der Waals surface area contributed by atoms with Crippen LogP contribution >= 0.6 is 15.9 Å². The molecular weight excluding hydrogens is 332 g/mol. The molecule has 0 atom stereocenters. The van der Waals surface area contributed by atoms with E-state index in [1.54, 1.807) is 0 Å². The van der Waals surface area contributed by atoms with E-state index in [0.29, 0.717) is 25.6 Å². The molecule has 0 radical (unpaired) electrons. The number of aryl methyl sites for hydroxylation is 1. The summed E-state index contributed by atoms with van der Waals surface area (Å²) in [6.07, 6.45) is 7.62. The van der Waals surface area contributed by atoms with Crippen LogP contribution in [0, 0.1) is 0 Å². The molecule has 2 rings (SSSR count). The van der Waals surface area contributed by atoms with Gasteiger partial charge in [-0.25, -0.2) is 0 Å². The molecule has 1 aliphatic carbocycles. The van der Waals surface area contributed by atoms with Gasteiger partial charge in [-0.3, -0.25) is 4.79 Å². The number of esters is 1. The Morgan fingerprint density at radius 3 is 2.71 bits per heavy atom. The van der Waals surface area contributed by atoms with Crippen molar-refractivity contribution in [1.29, 1.82) is 0 Å². The molecule has 116 valence electrons. The highest BCUT2D eigenvalue weighted by Gasteiger charge is 2.16. The number of benzene rings is 1. The van der Waals surface area contributed by atoms with Crippen LogP contribution in [0.25, 0.3) is 0 Å². The van der Waals surface area contributed by atoms with Crippen molar-refractivity contribution in [2.24, 2.45) is 0 Å². The average molecular weight is 355 g/mol. The molecule has 1 aromatic carbocycles. The van der Waals surface area contributed by atoms with Crippen molar-refractivity contribution in [3.05, 3.63) is 28.2 Å². The fourth-order valence-electron chi connectivity index (χ4n) is 2.64. The third-order valence-corrected chi connectivity index (χ3v) is 4.38. The number of ether oxygens (including phenoxy) is 2. The second kappa shape index (κ2) is 8.42. The quantitative estimate of drug-likeness (QED) is 0.697. The average Bonchev–Trinajstić information content (AvgIpc) is 2.49. The second-order valence-electron chi connectivity index (χ2n) is 5.45. The molecule has 0 heterocycles. The maximum atomic E-state index is 11.4. The standard InChI is InChI=1S/C17H23BrO3/c1-2-20-17(19)11-9-13-8-10-16(15(18)12-13)21-14-6-4-3-5-7-14/h8,10,12,14H,2-7,9,11H2,1H3. The highest BCUT2D eigenvalue weighted by Crippen LogP contribution is 2.30. The Labute approximate surface area is 135 Å². The number of carbonyl (C=O) groups is 1. The van der Waals surface area contributed by atoms with Gasteiger partial charge in [0, 0.05) is 6.42 Å². The summed E-state index contributed by atoms with van der Waals surface area (Å²) in [4.78, 5) is 11.4. The summed E-state index contributed by atoms with van der Waals surface area (Å²) in [5.41, 5.74) is 1.12. The number of hydrogen-bond acceptors (Lipinski definition) is 3. The fraction of sp³-hybridized carbons (Fsp3) is 0.588. The van der Waals surface area contributed by atoms with Crippen LogP contribution < -0.4 is 4.74 Å². The summed E-state index contributed by atoms with van der Waals surface area (Å²) < 4.78 is 12.0. The molecule has 0 aliphatic heterocycles. The van der Waals surface area contributed by atoms with Gasteiger partial charge in [-0.1, -0.05) is 12.5 Å².